The number of Topliss-reactive ketones (excluding diaryl/α,β-unsaturated/α-hetero) is 2. The zero-order valence-corrected chi connectivity index (χ0v) is 11.6. The van der Waals surface area contributed by atoms with Gasteiger partial charge in [-0.3, -0.25) is 9.59 Å². The largest absolute Gasteiger partial charge is 0.297 e. The molecule has 0 heterocycles. The first kappa shape index (κ1) is 13.9. The topological polar surface area (TPSA) is 58.9 Å². The highest BCUT2D eigenvalue weighted by atomic mass is 35.5. The Hall–Kier alpha value is -1.55. The first-order chi connectivity index (χ1) is 8.87. The Morgan fingerprint density at radius 1 is 1.11 bits per heavy atom. The highest BCUT2D eigenvalue weighted by Crippen LogP contribution is 2.32. The fourth-order valence-corrected chi connectivity index (χ4v) is 2.27. The van der Waals surface area contributed by atoms with Crippen LogP contribution in [-0.2, 0) is 9.59 Å². The smallest absolute Gasteiger partial charge is 0.187 e. The molecule has 0 aliphatic heterocycles. The minimum Gasteiger partial charge on any atom is -0.297 e. The molecule has 1 aromatic carbocycles. The van der Waals surface area contributed by atoms with Crippen LogP contribution in [-0.4, -0.2) is 17.6 Å². The molecular weight excluding hydrogens is 264 g/mol. The predicted molar refractivity (Wildman–Crippen MR) is 72.8 cm³/mol. The van der Waals surface area contributed by atoms with Crippen LogP contribution >= 0.6 is 11.6 Å². The summed E-state index contributed by atoms with van der Waals surface area (Å²) in [7, 11) is 0. The number of hydrogen-bond donors (Lipinski definition) is 0. The normalized spacial score (nSPS) is 20.2. The lowest BCUT2D eigenvalue weighted by molar-refractivity contribution is -0.135. The predicted octanol–water partition coefficient (Wildman–Crippen LogP) is 3.75. The highest BCUT2D eigenvalue weighted by Gasteiger charge is 2.39. The third kappa shape index (κ3) is 3.47. The number of benzene rings is 1. The fraction of sp³-hybridized carbons (Fsp3) is 0.429. The van der Waals surface area contributed by atoms with Crippen LogP contribution < -0.4 is 0 Å². The van der Waals surface area contributed by atoms with E-state index in [9.17, 15) is 9.59 Å². The van der Waals surface area contributed by atoms with Gasteiger partial charge < -0.3 is 0 Å². The second-order valence-corrected chi connectivity index (χ2v) is 5.98. The first-order valence-electron chi connectivity index (χ1n) is 6.09. The van der Waals surface area contributed by atoms with E-state index in [1.807, 2.05) is 13.8 Å². The third-order valence-corrected chi connectivity index (χ3v) is 3.28. The van der Waals surface area contributed by atoms with Gasteiger partial charge >= 0.3 is 0 Å². The van der Waals surface area contributed by atoms with Crippen molar-refractivity contribution in [2.45, 2.75) is 32.7 Å². The van der Waals surface area contributed by atoms with Crippen molar-refractivity contribution in [3.63, 3.8) is 0 Å². The Morgan fingerprint density at radius 2 is 1.63 bits per heavy atom. The van der Waals surface area contributed by atoms with E-state index in [0.717, 1.165) is 0 Å². The zero-order chi connectivity index (χ0) is 14.0. The molecule has 0 N–H and O–H groups in total. The lowest BCUT2D eigenvalue weighted by Gasteiger charge is -2.29. The van der Waals surface area contributed by atoms with Gasteiger partial charge in [0.05, 0.1) is 5.69 Å². The van der Waals surface area contributed by atoms with Crippen LogP contribution in [0.1, 0.15) is 26.7 Å². The van der Waals surface area contributed by atoms with Gasteiger partial charge in [0.25, 0.3) is 0 Å². The molecule has 1 fully saturated rings. The molecule has 5 heteroatoms. The van der Waals surface area contributed by atoms with E-state index < -0.39 is 6.04 Å². The van der Waals surface area contributed by atoms with Gasteiger partial charge in [0.1, 0.15) is 0 Å². The summed E-state index contributed by atoms with van der Waals surface area (Å²) < 4.78 is 0. The molecule has 100 valence electrons. The van der Waals surface area contributed by atoms with Crippen molar-refractivity contribution in [1.29, 1.82) is 0 Å². The van der Waals surface area contributed by atoms with Gasteiger partial charge in [-0.1, -0.05) is 25.4 Å². The summed E-state index contributed by atoms with van der Waals surface area (Å²) in [6.45, 7) is 3.82. The van der Waals surface area contributed by atoms with Gasteiger partial charge in [-0.25, -0.2) is 0 Å². The third-order valence-electron chi connectivity index (χ3n) is 3.03. The minimum absolute atomic E-state index is 0.154. The van der Waals surface area contributed by atoms with Gasteiger partial charge in [-0.2, -0.15) is 10.2 Å². The van der Waals surface area contributed by atoms with Crippen LogP contribution in [0, 0.1) is 5.41 Å². The molecule has 1 aliphatic rings. The highest BCUT2D eigenvalue weighted by molar-refractivity contribution is 6.30. The summed E-state index contributed by atoms with van der Waals surface area (Å²) in [5.41, 5.74) is 0.315. The summed E-state index contributed by atoms with van der Waals surface area (Å²) in [4.78, 5) is 23.8. The van der Waals surface area contributed by atoms with Gasteiger partial charge in [0.15, 0.2) is 17.6 Å². The number of azo groups is 1. The van der Waals surface area contributed by atoms with E-state index in [1.54, 1.807) is 24.3 Å². The average molecular weight is 279 g/mol. The van der Waals surface area contributed by atoms with Gasteiger partial charge in [0, 0.05) is 17.9 Å². The molecule has 0 atom stereocenters. The molecule has 0 saturated heterocycles. The second kappa shape index (κ2) is 5.21. The van der Waals surface area contributed by atoms with Crippen molar-refractivity contribution in [3.8, 4) is 0 Å². The monoisotopic (exact) mass is 278 g/mol. The van der Waals surface area contributed by atoms with E-state index in [1.165, 1.54) is 0 Å². The Morgan fingerprint density at radius 3 is 2.16 bits per heavy atom. The second-order valence-electron chi connectivity index (χ2n) is 5.54. The lowest BCUT2D eigenvalue weighted by atomic mass is 9.74. The molecule has 19 heavy (non-hydrogen) atoms. The van der Waals surface area contributed by atoms with Crippen LogP contribution in [0.3, 0.4) is 0 Å². The summed E-state index contributed by atoms with van der Waals surface area (Å²) in [6.07, 6.45) is 0.728. The maximum atomic E-state index is 11.9. The van der Waals surface area contributed by atoms with Crippen LogP contribution in [0.2, 0.25) is 5.02 Å². The van der Waals surface area contributed by atoms with Crippen molar-refractivity contribution in [2.24, 2.45) is 15.6 Å². The number of carbonyl (C=O) groups is 2. The average Bonchev–Trinajstić information content (AvgIpc) is 2.29. The van der Waals surface area contributed by atoms with Crippen molar-refractivity contribution in [1.82, 2.24) is 0 Å². The van der Waals surface area contributed by atoms with E-state index in [-0.39, 0.29) is 17.0 Å². The summed E-state index contributed by atoms with van der Waals surface area (Å²) in [5.74, 6) is -0.307. The fourth-order valence-electron chi connectivity index (χ4n) is 2.14. The van der Waals surface area contributed by atoms with Gasteiger partial charge in [0.2, 0.25) is 0 Å². The Kier molecular flexibility index (Phi) is 3.80. The Labute approximate surface area is 116 Å². The number of nitrogens with zero attached hydrogens (tertiary/aromatic N) is 2. The molecule has 1 saturated carbocycles. The van der Waals surface area contributed by atoms with Crippen LogP contribution in [0.5, 0.6) is 0 Å². The number of ketones is 2. The minimum atomic E-state index is -0.941. The van der Waals surface area contributed by atoms with Crippen molar-refractivity contribution in [3.05, 3.63) is 29.3 Å². The standard InChI is InChI=1S/C14H15ClN2O2/c1-14(2)7-11(18)13(12(19)8-14)17-16-10-5-3-9(15)4-6-10/h3-6,13H,7-8H2,1-2H3. The number of carbonyl (C=O) groups excluding carboxylic acids is 2. The van der Waals surface area contributed by atoms with Crippen LogP contribution in [0.4, 0.5) is 5.69 Å². The maximum absolute atomic E-state index is 11.9. The van der Waals surface area contributed by atoms with E-state index in [0.29, 0.717) is 23.6 Å². The summed E-state index contributed by atoms with van der Waals surface area (Å²) in [5, 5.41) is 8.44. The van der Waals surface area contributed by atoms with Gasteiger partial charge in [-0.15, -0.1) is 0 Å². The molecule has 0 bridgehead atoms. The molecule has 1 aromatic rings. The quantitative estimate of drug-likeness (QED) is 0.611. The Bertz CT molecular complexity index is 515. The summed E-state index contributed by atoms with van der Waals surface area (Å²) in [6, 6.07) is 5.80. The molecule has 0 radical (unpaired) electrons. The van der Waals surface area contributed by atoms with Crippen molar-refractivity contribution < 1.29 is 9.59 Å². The number of hydrogen-bond acceptors (Lipinski definition) is 4. The van der Waals surface area contributed by atoms with E-state index in [4.69, 9.17) is 11.6 Å². The molecular formula is C14H15ClN2O2. The molecule has 4 nitrogen and oxygen atoms in total. The van der Waals surface area contributed by atoms with Crippen LogP contribution in [0.15, 0.2) is 34.5 Å². The molecule has 0 aromatic heterocycles. The van der Waals surface area contributed by atoms with E-state index >= 15 is 0 Å². The van der Waals surface area contributed by atoms with Crippen molar-refractivity contribution in [2.75, 3.05) is 0 Å². The van der Waals surface area contributed by atoms with Crippen molar-refractivity contribution >= 4 is 28.9 Å². The summed E-state index contributed by atoms with van der Waals surface area (Å²) >= 11 is 5.76. The number of halogens is 1. The molecule has 2 rings (SSSR count). The lowest BCUT2D eigenvalue weighted by Crippen LogP contribution is -2.40. The number of rotatable bonds is 2. The Balaban J connectivity index is 2.12. The van der Waals surface area contributed by atoms with Crippen LogP contribution in [0.25, 0.3) is 0 Å². The molecule has 0 unspecified atom stereocenters. The SMILES string of the molecule is CC1(C)CC(=O)C(N=Nc2ccc(Cl)cc2)C(=O)C1. The molecule has 0 spiro atoms. The van der Waals surface area contributed by atoms with E-state index in [2.05, 4.69) is 10.2 Å². The van der Waals surface area contributed by atoms with Gasteiger partial charge in [-0.05, 0) is 29.7 Å². The molecule has 0 amide bonds. The zero-order valence-electron chi connectivity index (χ0n) is 10.9. The molecule has 1 aliphatic carbocycles. The first-order valence-corrected chi connectivity index (χ1v) is 6.47. The maximum Gasteiger partial charge on any atom is 0.187 e.